The molecule has 0 aromatic rings. The van der Waals surface area contributed by atoms with Gasteiger partial charge in [0.05, 0.1) is 6.04 Å². The summed E-state index contributed by atoms with van der Waals surface area (Å²) in [7, 11) is 0. The van der Waals surface area contributed by atoms with Gasteiger partial charge in [-0.1, -0.05) is 20.8 Å². The van der Waals surface area contributed by atoms with Crippen molar-refractivity contribution in [2.75, 3.05) is 0 Å². The Morgan fingerprint density at radius 1 is 1.55 bits per heavy atom. The van der Waals surface area contributed by atoms with Crippen LogP contribution >= 0.6 is 12.4 Å². The Kier molecular flexibility index (Phi) is 5.48. The maximum absolute atomic E-state index is 10.7. The van der Waals surface area contributed by atoms with Crippen LogP contribution in [0.25, 0.3) is 0 Å². The number of amides is 1. The lowest BCUT2D eigenvalue weighted by atomic mass is 9.87. The highest BCUT2D eigenvalue weighted by molar-refractivity contribution is 5.85. The van der Waals surface area contributed by atoms with Crippen molar-refractivity contribution < 1.29 is 10.0 Å². The lowest BCUT2D eigenvalue weighted by Gasteiger charge is -2.24. The van der Waals surface area contributed by atoms with Gasteiger partial charge in [0.25, 0.3) is 5.91 Å². The molecule has 0 fully saturated rings. The van der Waals surface area contributed by atoms with E-state index in [2.05, 4.69) is 0 Å². The predicted octanol–water partition coefficient (Wildman–Crippen LogP) is 0.287. The number of carbonyl (C=O) groups excluding carboxylic acids is 1. The van der Waals surface area contributed by atoms with E-state index in [0.717, 1.165) is 0 Å². The summed E-state index contributed by atoms with van der Waals surface area (Å²) >= 11 is 0. The molecule has 1 unspecified atom stereocenters. The molecule has 0 heterocycles. The van der Waals surface area contributed by atoms with Crippen molar-refractivity contribution in [1.82, 2.24) is 5.48 Å². The standard InChI is InChI=1S/C6H14N2O2.ClH/c1-6(2,3)4(7)5(9)8-10;/h4,10H,7H2,1-3H3,(H,8,9);1H. The second kappa shape index (κ2) is 4.54. The Hall–Kier alpha value is -0.320. The Labute approximate surface area is 72.5 Å². The van der Waals surface area contributed by atoms with Crippen molar-refractivity contribution >= 4 is 18.3 Å². The molecule has 0 spiro atoms. The first-order valence-corrected chi connectivity index (χ1v) is 3.09. The highest BCUT2D eigenvalue weighted by Gasteiger charge is 2.26. The molecule has 11 heavy (non-hydrogen) atoms. The summed E-state index contributed by atoms with van der Waals surface area (Å²) in [5.41, 5.74) is 6.63. The topological polar surface area (TPSA) is 75.4 Å². The molecule has 0 bridgehead atoms. The number of nitrogens with one attached hydrogen (secondary N) is 1. The first kappa shape index (κ1) is 13.3. The van der Waals surface area contributed by atoms with Crippen molar-refractivity contribution in [1.29, 1.82) is 0 Å². The molecule has 0 rings (SSSR count). The molecule has 0 aliphatic rings. The van der Waals surface area contributed by atoms with E-state index >= 15 is 0 Å². The van der Waals surface area contributed by atoms with E-state index in [1.165, 1.54) is 5.48 Å². The summed E-state index contributed by atoms with van der Waals surface area (Å²) in [5, 5.41) is 8.19. The third-order valence-electron chi connectivity index (χ3n) is 1.33. The van der Waals surface area contributed by atoms with Gasteiger partial charge in [-0.3, -0.25) is 10.0 Å². The van der Waals surface area contributed by atoms with Crippen LogP contribution in [-0.4, -0.2) is 17.2 Å². The van der Waals surface area contributed by atoms with Crippen LogP contribution in [0.5, 0.6) is 0 Å². The van der Waals surface area contributed by atoms with Crippen LogP contribution in [0.15, 0.2) is 0 Å². The van der Waals surface area contributed by atoms with E-state index in [0.29, 0.717) is 0 Å². The van der Waals surface area contributed by atoms with E-state index in [1.54, 1.807) is 0 Å². The zero-order valence-electron chi connectivity index (χ0n) is 6.92. The van der Waals surface area contributed by atoms with E-state index in [1.807, 2.05) is 20.8 Å². The first-order valence-electron chi connectivity index (χ1n) is 3.09. The normalized spacial score (nSPS) is 13.2. The summed E-state index contributed by atoms with van der Waals surface area (Å²) in [4.78, 5) is 10.7. The predicted molar refractivity (Wildman–Crippen MR) is 44.6 cm³/mol. The molecule has 0 aliphatic heterocycles. The van der Waals surface area contributed by atoms with Gasteiger partial charge < -0.3 is 5.73 Å². The van der Waals surface area contributed by atoms with E-state index in [4.69, 9.17) is 10.9 Å². The monoisotopic (exact) mass is 182 g/mol. The number of hydrogen-bond acceptors (Lipinski definition) is 3. The van der Waals surface area contributed by atoms with Crippen molar-refractivity contribution in [3.8, 4) is 0 Å². The van der Waals surface area contributed by atoms with Crippen molar-refractivity contribution in [2.24, 2.45) is 11.1 Å². The molecular formula is C6H15ClN2O2. The average Bonchev–Trinajstić information content (AvgIpc) is 1.83. The number of nitrogens with two attached hydrogens (primary N) is 1. The van der Waals surface area contributed by atoms with Crippen LogP contribution in [-0.2, 0) is 4.79 Å². The van der Waals surface area contributed by atoms with Gasteiger partial charge in [0.15, 0.2) is 0 Å². The van der Waals surface area contributed by atoms with Crippen LogP contribution in [0.4, 0.5) is 0 Å². The van der Waals surface area contributed by atoms with Gasteiger partial charge in [-0.2, -0.15) is 0 Å². The second-order valence-electron chi connectivity index (χ2n) is 3.32. The average molecular weight is 183 g/mol. The van der Waals surface area contributed by atoms with Gasteiger partial charge in [0.2, 0.25) is 0 Å². The summed E-state index contributed by atoms with van der Waals surface area (Å²) in [5.74, 6) is -0.549. The van der Waals surface area contributed by atoms with E-state index in [-0.39, 0.29) is 17.8 Å². The lowest BCUT2D eigenvalue weighted by molar-refractivity contribution is -0.132. The number of carbonyl (C=O) groups is 1. The lowest BCUT2D eigenvalue weighted by Crippen LogP contribution is -2.47. The Bertz CT molecular complexity index is 133. The zero-order chi connectivity index (χ0) is 8.36. The fourth-order valence-electron chi connectivity index (χ4n) is 0.463. The first-order chi connectivity index (χ1) is 4.39. The molecule has 68 valence electrons. The Morgan fingerprint density at radius 2 is 1.91 bits per heavy atom. The number of hydroxylamine groups is 1. The third kappa shape index (κ3) is 4.19. The van der Waals surface area contributed by atoms with Gasteiger partial charge in [0.1, 0.15) is 0 Å². The number of hydrogen-bond donors (Lipinski definition) is 3. The van der Waals surface area contributed by atoms with Gasteiger partial charge in [-0.05, 0) is 5.41 Å². The molecule has 0 saturated heterocycles. The van der Waals surface area contributed by atoms with Crippen molar-refractivity contribution in [2.45, 2.75) is 26.8 Å². The van der Waals surface area contributed by atoms with Crippen LogP contribution < -0.4 is 11.2 Å². The van der Waals surface area contributed by atoms with Gasteiger partial charge in [-0.25, -0.2) is 5.48 Å². The minimum atomic E-state index is -0.669. The van der Waals surface area contributed by atoms with Crippen LogP contribution in [0.2, 0.25) is 0 Å². The molecule has 1 amide bonds. The van der Waals surface area contributed by atoms with Crippen LogP contribution in [0, 0.1) is 5.41 Å². The summed E-state index contributed by atoms with van der Waals surface area (Å²) in [6.07, 6.45) is 0. The fourth-order valence-corrected chi connectivity index (χ4v) is 0.463. The SMILES string of the molecule is CC(C)(C)C(N)C(=O)NO.Cl. The molecule has 0 aliphatic carbocycles. The summed E-state index contributed by atoms with van der Waals surface area (Å²) in [6, 6.07) is -0.669. The van der Waals surface area contributed by atoms with Crippen LogP contribution in [0.1, 0.15) is 20.8 Å². The van der Waals surface area contributed by atoms with E-state index < -0.39 is 11.9 Å². The minimum absolute atomic E-state index is 0. The Morgan fingerprint density at radius 3 is 2.00 bits per heavy atom. The molecule has 0 saturated carbocycles. The number of rotatable bonds is 1. The molecule has 0 aromatic heterocycles. The minimum Gasteiger partial charge on any atom is -0.319 e. The largest absolute Gasteiger partial charge is 0.319 e. The molecule has 5 heteroatoms. The fraction of sp³-hybridized carbons (Fsp3) is 0.833. The number of halogens is 1. The van der Waals surface area contributed by atoms with Gasteiger partial charge in [0, 0.05) is 0 Å². The van der Waals surface area contributed by atoms with E-state index in [9.17, 15) is 4.79 Å². The quantitative estimate of drug-likeness (QED) is 0.403. The highest BCUT2D eigenvalue weighted by Crippen LogP contribution is 2.16. The zero-order valence-corrected chi connectivity index (χ0v) is 7.73. The highest BCUT2D eigenvalue weighted by atomic mass is 35.5. The third-order valence-corrected chi connectivity index (χ3v) is 1.33. The van der Waals surface area contributed by atoms with Gasteiger partial charge >= 0.3 is 0 Å². The second-order valence-corrected chi connectivity index (χ2v) is 3.32. The molecule has 4 nitrogen and oxygen atoms in total. The summed E-state index contributed by atoms with van der Waals surface area (Å²) in [6.45, 7) is 5.48. The molecular weight excluding hydrogens is 168 g/mol. The molecule has 0 radical (unpaired) electrons. The maximum Gasteiger partial charge on any atom is 0.260 e. The molecule has 0 aromatic carbocycles. The maximum atomic E-state index is 10.7. The van der Waals surface area contributed by atoms with Crippen LogP contribution in [0.3, 0.4) is 0 Å². The molecule has 4 N–H and O–H groups in total. The van der Waals surface area contributed by atoms with Crippen molar-refractivity contribution in [3.63, 3.8) is 0 Å². The summed E-state index contributed by atoms with van der Waals surface area (Å²) < 4.78 is 0. The Balaban J connectivity index is 0. The van der Waals surface area contributed by atoms with Gasteiger partial charge in [-0.15, -0.1) is 12.4 Å². The smallest absolute Gasteiger partial charge is 0.260 e. The van der Waals surface area contributed by atoms with Crippen molar-refractivity contribution in [3.05, 3.63) is 0 Å². The molecule has 1 atom stereocenters.